The summed E-state index contributed by atoms with van der Waals surface area (Å²) < 4.78 is 29.1. The van der Waals surface area contributed by atoms with Crippen LogP contribution in [-0.4, -0.2) is 18.3 Å². The minimum absolute atomic E-state index is 0.00723. The number of hydrogen-bond donors (Lipinski definition) is 0. The second-order valence-electron chi connectivity index (χ2n) is 4.86. The number of rotatable bonds is 7. The number of nitrogens with zero attached hydrogens (tertiary/aromatic N) is 2. The van der Waals surface area contributed by atoms with E-state index in [0.717, 1.165) is 18.2 Å². The Morgan fingerprint density at radius 1 is 1.00 bits per heavy atom. The predicted octanol–water partition coefficient (Wildman–Crippen LogP) is 3.05. The summed E-state index contributed by atoms with van der Waals surface area (Å²) in [5, 5.41) is 21.7. The third kappa shape index (κ3) is 4.46. The van der Waals surface area contributed by atoms with E-state index in [1.807, 2.05) is 0 Å². The van der Waals surface area contributed by atoms with E-state index in [-0.39, 0.29) is 10.5 Å². The quantitative estimate of drug-likeness (QED) is 0.419. The van der Waals surface area contributed by atoms with E-state index in [9.17, 15) is 28.6 Å². The van der Waals surface area contributed by atoms with Crippen LogP contribution in [0.1, 0.15) is 11.1 Å². The van der Waals surface area contributed by atoms with Gasteiger partial charge >= 0.3 is 0 Å². The Morgan fingerprint density at radius 2 is 1.52 bits per heavy atom. The zero-order chi connectivity index (χ0) is 18.6. The lowest BCUT2D eigenvalue weighted by molar-refractivity contribution is -0.394. The predicted molar refractivity (Wildman–Crippen MR) is 88.3 cm³/mol. The smallest absolute Gasteiger partial charge is 0.262 e. The summed E-state index contributed by atoms with van der Waals surface area (Å²) in [6.45, 7) is 2.98. The molecular formula is C15H12N2O7S. The third-order valence-electron chi connectivity index (χ3n) is 3.17. The van der Waals surface area contributed by atoms with Gasteiger partial charge < -0.3 is 0 Å². The van der Waals surface area contributed by atoms with Gasteiger partial charge in [0.05, 0.1) is 27.4 Å². The summed E-state index contributed by atoms with van der Waals surface area (Å²) in [5.41, 5.74) is -0.346. The summed E-state index contributed by atoms with van der Waals surface area (Å²) in [4.78, 5) is 19.9. The van der Waals surface area contributed by atoms with Gasteiger partial charge in [0.1, 0.15) is 0 Å². The SMILES string of the molecule is C=Cc1ccc(S(=O)(=O)OCc2cc([N+](=O)[O-])cc([N+](=O)[O-])c2)cc1. The molecule has 25 heavy (non-hydrogen) atoms. The highest BCUT2D eigenvalue weighted by Gasteiger charge is 2.19. The molecule has 0 bridgehead atoms. The second-order valence-corrected chi connectivity index (χ2v) is 6.48. The van der Waals surface area contributed by atoms with Crippen LogP contribution < -0.4 is 0 Å². The molecule has 2 aromatic rings. The molecule has 0 aliphatic heterocycles. The fraction of sp³-hybridized carbons (Fsp3) is 0.0667. The van der Waals surface area contributed by atoms with E-state index in [1.54, 1.807) is 6.08 Å². The molecule has 0 radical (unpaired) electrons. The summed E-state index contributed by atoms with van der Waals surface area (Å²) >= 11 is 0. The van der Waals surface area contributed by atoms with Gasteiger partial charge in [-0.05, 0) is 23.3 Å². The Labute approximate surface area is 142 Å². The van der Waals surface area contributed by atoms with Crippen molar-refractivity contribution in [1.29, 1.82) is 0 Å². The van der Waals surface area contributed by atoms with Crippen LogP contribution >= 0.6 is 0 Å². The van der Waals surface area contributed by atoms with Crippen LogP contribution in [0.2, 0.25) is 0 Å². The van der Waals surface area contributed by atoms with Crippen LogP contribution in [0.4, 0.5) is 11.4 Å². The van der Waals surface area contributed by atoms with Gasteiger partial charge in [-0.2, -0.15) is 8.42 Å². The first-order valence-electron chi connectivity index (χ1n) is 6.77. The molecule has 0 amide bonds. The van der Waals surface area contributed by atoms with Gasteiger partial charge in [-0.1, -0.05) is 24.8 Å². The van der Waals surface area contributed by atoms with Gasteiger partial charge in [0.2, 0.25) is 0 Å². The van der Waals surface area contributed by atoms with E-state index in [4.69, 9.17) is 4.18 Å². The zero-order valence-corrected chi connectivity index (χ0v) is 13.5. The van der Waals surface area contributed by atoms with Crippen molar-refractivity contribution >= 4 is 27.6 Å². The van der Waals surface area contributed by atoms with E-state index in [1.165, 1.54) is 24.3 Å². The number of hydrogen-bond acceptors (Lipinski definition) is 7. The molecule has 10 heteroatoms. The Balaban J connectivity index is 2.25. The topological polar surface area (TPSA) is 130 Å². The van der Waals surface area contributed by atoms with Gasteiger partial charge in [-0.25, -0.2) is 0 Å². The lowest BCUT2D eigenvalue weighted by Crippen LogP contribution is -2.07. The van der Waals surface area contributed by atoms with Crippen LogP contribution in [0.3, 0.4) is 0 Å². The number of non-ortho nitro benzene ring substituents is 2. The van der Waals surface area contributed by atoms with Crippen LogP contribution in [0.5, 0.6) is 0 Å². The minimum Gasteiger partial charge on any atom is -0.262 e. The maximum atomic E-state index is 12.1. The average Bonchev–Trinajstić information content (AvgIpc) is 2.59. The van der Waals surface area contributed by atoms with E-state index < -0.39 is 37.9 Å². The fourth-order valence-electron chi connectivity index (χ4n) is 1.93. The summed E-state index contributed by atoms with van der Waals surface area (Å²) in [5.74, 6) is 0. The normalized spacial score (nSPS) is 11.0. The number of nitro benzene ring substituents is 2. The zero-order valence-electron chi connectivity index (χ0n) is 12.7. The molecule has 0 aliphatic carbocycles. The first-order chi connectivity index (χ1) is 11.7. The maximum absolute atomic E-state index is 12.1. The van der Waals surface area contributed by atoms with Crippen molar-refractivity contribution in [2.75, 3.05) is 0 Å². The summed E-state index contributed by atoms with van der Waals surface area (Å²) in [6, 6.07) is 8.52. The van der Waals surface area contributed by atoms with E-state index >= 15 is 0 Å². The second kappa shape index (κ2) is 7.20. The molecule has 0 saturated heterocycles. The Morgan fingerprint density at radius 3 is 1.96 bits per heavy atom. The van der Waals surface area contributed by atoms with Gasteiger partial charge in [-0.15, -0.1) is 0 Å². The largest absolute Gasteiger partial charge is 0.297 e. The summed E-state index contributed by atoms with van der Waals surface area (Å²) in [7, 11) is -4.12. The van der Waals surface area contributed by atoms with Gasteiger partial charge in [-0.3, -0.25) is 24.4 Å². The van der Waals surface area contributed by atoms with Crippen molar-refractivity contribution < 1.29 is 22.4 Å². The van der Waals surface area contributed by atoms with Crippen LogP contribution in [0, 0.1) is 20.2 Å². The van der Waals surface area contributed by atoms with Gasteiger partial charge in [0.15, 0.2) is 0 Å². The average molecular weight is 364 g/mol. The Hall–Kier alpha value is -3.11. The highest BCUT2D eigenvalue weighted by atomic mass is 32.2. The maximum Gasteiger partial charge on any atom is 0.297 e. The summed E-state index contributed by atoms with van der Waals surface area (Å²) in [6.07, 6.45) is 1.54. The van der Waals surface area contributed by atoms with E-state index in [2.05, 4.69) is 6.58 Å². The molecule has 0 spiro atoms. The Bertz CT molecular complexity index is 905. The minimum atomic E-state index is -4.12. The van der Waals surface area contributed by atoms with Crippen molar-refractivity contribution in [3.05, 3.63) is 80.4 Å². The lowest BCUT2D eigenvalue weighted by atomic mass is 10.2. The molecular weight excluding hydrogens is 352 g/mol. The van der Waals surface area contributed by atoms with Crippen molar-refractivity contribution in [1.82, 2.24) is 0 Å². The van der Waals surface area contributed by atoms with E-state index in [0.29, 0.717) is 5.56 Å². The molecule has 0 aromatic heterocycles. The standard InChI is InChI=1S/C15H12N2O7S/c1-2-11-3-5-15(6-4-11)25(22,23)24-10-12-7-13(16(18)19)9-14(8-12)17(20)21/h2-9H,1,10H2. The molecule has 2 rings (SSSR count). The van der Waals surface area contributed by atoms with Crippen molar-refractivity contribution in [2.24, 2.45) is 0 Å². The lowest BCUT2D eigenvalue weighted by Gasteiger charge is -2.06. The first kappa shape index (κ1) is 18.2. The van der Waals surface area contributed by atoms with Gasteiger partial charge in [0.25, 0.3) is 21.5 Å². The highest BCUT2D eigenvalue weighted by molar-refractivity contribution is 7.86. The third-order valence-corrected chi connectivity index (χ3v) is 4.45. The Kier molecular flexibility index (Phi) is 5.25. The molecule has 130 valence electrons. The first-order valence-corrected chi connectivity index (χ1v) is 8.18. The van der Waals surface area contributed by atoms with Crippen molar-refractivity contribution in [3.63, 3.8) is 0 Å². The molecule has 0 fully saturated rings. The molecule has 0 N–H and O–H groups in total. The highest BCUT2D eigenvalue weighted by Crippen LogP contribution is 2.24. The molecule has 0 unspecified atom stereocenters. The molecule has 0 aliphatic rings. The van der Waals surface area contributed by atoms with Crippen molar-refractivity contribution in [2.45, 2.75) is 11.5 Å². The van der Waals surface area contributed by atoms with Crippen LogP contribution in [0.15, 0.2) is 53.9 Å². The molecule has 0 atom stereocenters. The monoisotopic (exact) mass is 364 g/mol. The van der Waals surface area contributed by atoms with Crippen LogP contribution in [-0.2, 0) is 20.9 Å². The van der Waals surface area contributed by atoms with Crippen LogP contribution in [0.25, 0.3) is 6.08 Å². The van der Waals surface area contributed by atoms with Gasteiger partial charge in [0, 0.05) is 12.1 Å². The molecule has 0 saturated carbocycles. The number of nitro groups is 2. The molecule has 2 aromatic carbocycles. The number of benzene rings is 2. The fourth-order valence-corrected chi connectivity index (χ4v) is 2.83. The molecule has 9 nitrogen and oxygen atoms in total. The van der Waals surface area contributed by atoms with Crippen molar-refractivity contribution in [3.8, 4) is 0 Å². The molecule has 0 heterocycles.